The molecule has 1 aromatic rings. The molecule has 0 radical (unpaired) electrons. The molecule has 0 aliphatic carbocycles. The maximum absolute atomic E-state index is 12.8. The van der Waals surface area contributed by atoms with Crippen LogP contribution in [0.1, 0.15) is 62.5 Å². The molecule has 1 fully saturated rings. The number of carbonyl (C=O) groups is 1. The van der Waals surface area contributed by atoms with Crippen molar-refractivity contribution in [1.82, 2.24) is 9.88 Å². The Morgan fingerprint density at radius 2 is 2.19 bits per heavy atom. The molecule has 4 nitrogen and oxygen atoms in total. The molecule has 116 valence electrons. The van der Waals surface area contributed by atoms with Gasteiger partial charge in [0.2, 0.25) is 0 Å². The Morgan fingerprint density at radius 3 is 2.86 bits per heavy atom. The molecule has 1 saturated heterocycles. The number of nitrogens with one attached hydrogen (secondary N) is 1. The first-order chi connectivity index (χ1) is 10.2. The first-order valence-corrected chi connectivity index (χ1v) is 8.21. The first-order valence-electron chi connectivity index (χ1n) is 8.21. The Labute approximate surface area is 127 Å². The van der Waals surface area contributed by atoms with Gasteiger partial charge in [-0.1, -0.05) is 13.8 Å². The van der Waals surface area contributed by atoms with E-state index in [0.29, 0.717) is 6.04 Å². The molecule has 1 amide bonds. The van der Waals surface area contributed by atoms with Gasteiger partial charge in [-0.05, 0) is 51.2 Å². The summed E-state index contributed by atoms with van der Waals surface area (Å²) in [6.07, 6.45) is 5.34. The second-order valence-corrected chi connectivity index (χ2v) is 5.86. The van der Waals surface area contributed by atoms with E-state index >= 15 is 0 Å². The molecule has 1 aromatic heterocycles. The number of aromatic nitrogens is 1. The summed E-state index contributed by atoms with van der Waals surface area (Å²) in [7, 11) is 0. The zero-order valence-electron chi connectivity index (χ0n) is 13.5. The van der Waals surface area contributed by atoms with Crippen LogP contribution >= 0.6 is 0 Å². The molecule has 1 atom stereocenters. The van der Waals surface area contributed by atoms with Crippen LogP contribution in [0.5, 0.6) is 0 Å². The minimum atomic E-state index is 0.152. The number of hydrogen-bond acceptors (Lipinski definition) is 3. The predicted octanol–water partition coefficient (Wildman–Crippen LogP) is 3.48. The number of hydrogen-bond donors (Lipinski definition) is 1. The van der Waals surface area contributed by atoms with Crippen LogP contribution in [0.3, 0.4) is 0 Å². The van der Waals surface area contributed by atoms with Gasteiger partial charge in [0.15, 0.2) is 0 Å². The summed E-state index contributed by atoms with van der Waals surface area (Å²) < 4.78 is 0. The van der Waals surface area contributed by atoms with Crippen molar-refractivity contribution in [3.8, 4) is 0 Å². The summed E-state index contributed by atoms with van der Waals surface area (Å²) in [5.74, 6) is 0.975. The predicted molar refractivity (Wildman–Crippen MR) is 86.7 cm³/mol. The van der Waals surface area contributed by atoms with E-state index in [1.54, 1.807) is 0 Å². The number of carbonyl (C=O) groups excluding carboxylic acids is 1. The van der Waals surface area contributed by atoms with Gasteiger partial charge in [-0.2, -0.15) is 0 Å². The highest BCUT2D eigenvalue weighted by atomic mass is 16.2. The molecule has 2 heterocycles. The van der Waals surface area contributed by atoms with Gasteiger partial charge in [0.25, 0.3) is 5.91 Å². The van der Waals surface area contributed by atoms with E-state index in [4.69, 9.17) is 0 Å². The standard InChI is InChI=1S/C17H27N3O/c1-4-9-18-16-12-14(11-15(5-2)19-16)17(21)20-10-7-6-8-13(20)3/h11-13H,4-10H2,1-3H3,(H,18,19). The van der Waals surface area contributed by atoms with Crippen LogP contribution in [0.2, 0.25) is 0 Å². The molecule has 21 heavy (non-hydrogen) atoms. The summed E-state index contributed by atoms with van der Waals surface area (Å²) in [6, 6.07) is 4.19. The van der Waals surface area contributed by atoms with Crippen molar-refractivity contribution in [2.24, 2.45) is 0 Å². The normalized spacial score (nSPS) is 18.6. The number of pyridine rings is 1. The largest absolute Gasteiger partial charge is 0.370 e. The fourth-order valence-electron chi connectivity index (χ4n) is 2.80. The van der Waals surface area contributed by atoms with Crippen LogP contribution in [0.15, 0.2) is 12.1 Å². The van der Waals surface area contributed by atoms with Crippen molar-refractivity contribution in [3.05, 3.63) is 23.4 Å². The third-order valence-electron chi connectivity index (χ3n) is 4.11. The lowest BCUT2D eigenvalue weighted by Gasteiger charge is -2.33. The van der Waals surface area contributed by atoms with E-state index in [-0.39, 0.29) is 5.91 Å². The number of likely N-dealkylation sites (tertiary alicyclic amines) is 1. The topological polar surface area (TPSA) is 45.2 Å². The van der Waals surface area contributed by atoms with E-state index < -0.39 is 0 Å². The van der Waals surface area contributed by atoms with Crippen molar-refractivity contribution in [2.45, 2.75) is 58.9 Å². The zero-order valence-corrected chi connectivity index (χ0v) is 13.5. The fourth-order valence-corrected chi connectivity index (χ4v) is 2.80. The van der Waals surface area contributed by atoms with Gasteiger partial charge in [0.1, 0.15) is 5.82 Å². The Hall–Kier alpha value is -1.58. The average Bonchev–Trinajstić information content (AvgIpc) is 2.52. The zero-order chi connectivity index (χ0) is 15.2. The molecule has 1 unspecified atom stereocenters. The van der Waals surface area contributed by atoms with Gasteiger partial charge in [0.05, 0.1) is 0 Å². The highest BCUT2D eigenvalue weighted by Crippen LogP contribution is 2.21. The van der Waals surface area contributed by atoms with Gasteiger partial charge in [-0.3, -0.25) is 4.79 Å². The first kappa shape index (κ1) is 15.8. The van der Waals surface area contributed by atoms with Crippen molar-refractivity contribution in [2.75, 3.05) is 18.4 Å². The fraction of sp³-hybridized carbons (Fsp3) is 0.647. The minimum Gasteiger partial charge on any atom is -0.370 e. The average molecular weight is 289 g/mol. The molecule has 4 heteroatoms. The molecule has 0 spiro atoms. The van der Waals surface area contributed by atoms with Crippen LogP contribution in [0.25, 0.3) is 0 Å². The van der Waals surface area contributed by atoms with E-state index in [1.807, 2.05) is 17.0 Å². The van der Waals surface area contributed by atoms with E-state index in [1.165, 1.54) is 6.42 Å². The van der Waals surface area contributed by atoms with Gasteiger partial charge >= 0.3 is 0 Å². The number of nitrogens with zero attached hydrogens (tertiary/aromatic N) is 2. The molecule has 0 aromatic carbocycles. The summed E-state index contributed by atoms with van der Waals surface area (Å²) in [5.41, 5.74) is 1.75. The van der Waals surface area contributed by atoms with Crippen molar-refractivity contribution in [1.29, 1.82) is 0 Å². The Kier molecular flexibility index (Phi) is 5.59. The van der Waals surface area contributed by atoms with Crippen LogP contribution in [-0.4, -0.2) is 34.9 Å². The van der Waals surface area contributed by atoms with E-state index in [0.717, 1.165) is 55.8 Å². The summed E-state index contributed by atoms with van der Waals surface area (Å²) in [4.78, 5) is 19.3. The van der Waals surface area contributed by atoms with Crippen LogP contribution < -0.4 is 5.32 Å². The third-order valence-corrected chi connectivity index (χ3v) is 4.11. The maximum Gasteiger partial charge on any atom is 0.254 e. The number of rotatable bonds is 5. The van der Waals surface area contributed by atoms with Gasteiger partial charge < -0.3 is 10.2 Å². The molecule has 1 aliphatic rings. The van der Waals surface area contributed by atoms with Gasteiger partial charge in [-0.15, -0.1) is 0 Å². The number of anilines is 1. The van der Waals surface area contributed by atoms with Gasteiger partial charge in [0, 0.05) is 30.4 Å². The summed E-state index contributed by atoms with van der Waals surface area (Å²) in [5, 5.41) is 3.30. The second kappa shape index (κ2) is 7.43. The van der Waals surface area contributed by atoms with Crippen molar-refractivity contribution < 1.29 is 4.79 Å². The molecular formula is C17H27N3O. The lowest BCUT2D eigenvalue weighted by atomic mass is 10.0. The molecule has 2 rings (SSSR count). The monoisotopic (exact) mass is 289 g/mol. The third kappa shape index (κ3) is 3.96. The van der Waals surface area contributed by atoms with Crippen molar-refractivity contribution in [3.63, 3.8) is 0 Å². The summed E-state index contributed by atoms with van der Waals surface area (Å²) >= 11 is 0. The second-order valence-electron chi connectivity index (χ2n) is 5.86. The highest BCUT2D eigenvalue weighted by molar-refractivity contribution is 5.95. The molecule has 0 bridgehead atoms. The summed E-state index contributed by atoms with van der Waals surface area (Å²) in [6.45, 7) is 8.10. The molecule has 1 aliphatic heterocycles. The van der Waals surface area contributed by atoms with E-state index in [2.05, 4.69) is 31.1 Å². The highest BCUT2D eigenvalue weighted by Gasteiger charge is 2.24. The maximum atomic E-state index is 12.8. The van der Waals surface area contributed by atoms with Crippen molar-refractivity contribution >= 4 is 11.7 Å². The number of piperidine rings is 1. The molecule has 0 saturated carbocycles. The lowest BCUT2D eigenvalue weighted by Crippen LogP contribution is -2.42. The molecule has 1 N–H and O–H groups in total. The smallest absolute Gasteiger partial charge is 0.254 e. The van der Waals surface area contributed by atoms with E-state index in [9.17, 15) is 4.79 Å². The Bertz CT molecular complexity index is 487. The van der Waals surface area contributed by atoms with Gasteiger partial charge in [-0.25, -0.2) is 4.98 Å². The SMILES string of the molecule is CCCNc1cc(C(=O)N2CCCCC2C)cc(CC)n1. The minimum absolute atomic E-state index is 0.152. The Balaban J connectivity index is 2.22. The lowest BCUT2D eigenvalue weighted by molar-refractivity contribution is 0.0635. The number of amides is 1. The molecular weight excluding hydrogens is 262 g/mol. The quantitative estimate of drug-likeness (QED) is 0.902. The van der Waals surface area contributed by atoms with Crippen LogP contribution in [0, 0.1) is 0 Å². The van der Waals surface area contributed by atoms with Crippen LogP contribution in [-0.2, 0) is 6.42 Å². The van der Waals surface area contributed by atoms with Crippen LogP contribution in [0.4, 0.5) is 5.82 Å². The Morgan fingerprint density at radius 1 is 1.38 bits per heavy atom. The number of aryl methyl sites for hydroxylation is 1.